The van der Waals surface area contributed by atoms with Crippen molar-refractivity contribution in [1.82, 2.24) is 9.29 Å². The molecule has 5 rings (SSSR count). The molecule has 2 aliphatic rings. The first-order valence-corrected chi connectivity index (χ1v) is 12.0. The van der Waals surface area contributed by atoms with Gasteiger partial charge in [-0.25, -0.2) is 13.4 Å². The Morgan fingerprint density at radius 1 is 1.10 bits per heavy atom. The molecule has 1 N–H and O–H groups in total. The molecule has 1 fully saturated rings. The van der Waals surface area contributed by atoms with Crippen molar-refractivity contribution >= 4 is 48.7 Å². The van der Waals surface area contributed by atoms with E-state index in [1.807, 2.05) is 6.07 Å². The summed E-state index contributed by atoms with van der Waals surface area (Å²) in [7, 11) is -3.49. The smallest absolute Gasteiger partial charge is 0.250 e. The van der Waals surface area contributed by atoms with Crippen LogP contribution in [-0.2, 0) is 14.8 Å². The highest BCUT2D eigenvalue weighted by atomic mass is 32.2. The fraction of sp³-hybridized carbons (Fsp3) is 0.238. The zero-order valence-electron chi connectivity index (χ0n) is 16.4. The Bertz CT molecular complexity index is 1290. The summed E-state index contributed by atoms with van der Waals surface area (Å²) in [5, 5.41) is 3.14. The normalized spacial score (nSPS) is 16.4. The van der Waals surface area contributed by atoms with Gasteiger partial charge in [-0.05, 0) is 54.8 Å². The first-order chi connectivity index (χ1) is 15.0. The van der Waals surface area contributed by atoms with Gasteiger partial charge in [0.25, 0.3) is 0 Å². The maximum atomic E-state index is 12.8. The number of carbonyl (C=O) groups is 1. The lowest BCUT2D eigenvalue weighted by molar-refractivity contribution is -0.111. The van der Waals surface area contributed by atoms with Crippen LogP contribution in [0.3, 0.4) is 0 Å². The van der Waals surface area contributed by atoms with Crippen molar-refractivity contribution in [3.63, 3.8) is 0 Å². The zero-order chi connectivity index (χ0) is 21.4. The van der Waals surface area contributed by atoms with E-state index in [1.54, 1.807) is 36.4 Å². The molecule has 0 aliphatic carbocycles. The Balaban J connectivity index is 1.30. The Kier molecular flexibility index (Phi) is 5.12. The molecule has 1 aromatic heterocycles. The molecule has 1 amide bonds. The molecule has 2 aromatic carbocycles. The van der Waals surface area contributed by atoms with E-state index in [0.29, 0.717) is 39.9 Å². The average molecular weight is 458 g/mol. The number of benzene rings is 2. The van der Waals surface area contributed by atoms with Gasteiger partial charge in [0.1, 0.15) is 0 Å². The lowest BCUT2D eigenvalue weighted by Crippen LogP contribution is -2.27. The lowest BCUT2D eigenvalue weighted by Gasteiger charge is -2.15. The number of carbonyl (C=O) groups excluding carboxylic acids is 1. The molecule has 0 saturated carbocycles. The second kappa shape index (κ2) is 7.95. The molecular weight excluding hydrogens is 438 g/mol. The second-order valence-corrected chi connectivity index (χ2v) is 10.2. The second-order valence-electron chi connectivity index (χ2n) is 7.20. The van der Waals surface area contributed by atoms with Crippen LogP contribution < -0.4 is 14.8 Å². The van der Waals surface area contributed by atoms with Gasteiger partial charge in [-0.1, -0.05) is 17.4 Å². The van der Waals surface area contributed by atoms with Crippen molar-refractivity contribution in [2.24, 2.45) is 0 Å². The van der Waals surface area contributed by atoms with E-state index in [2.05, 4.69) is 10.3 Å². The predicted octanol–water partition coefficient (Wildman–Crippen LogP) is 3.46. The Hall–Kier alpha value is -2.95. The van der Waals surface area contributed by atoms with Crippen LogP contribution >= 0.6 is 11.3 Å². The van der Waals surface area contributed by atoms with Gasteiger partial charge >= 0.3 is 0 Å². The molecule has 2 aliphatic heterocycles. The van der Waals surface area contributed by atoms with Crippen LogP contribution in [0.15, 0.2) is 47.4 Å². The summed E-state index contributed by atoms with van der Waals surface area (Å²) < 4.78 is 38.4. The van der Waals surface area contributed by atoms with E-state index in [0.717, 1.165) is 18.4 Å². The number of ether oxygens (including phenoxy) is 2. The van der Waals surface area contributed by atoms with Gasteiger partial charge in [0.2, 0.25) is 22.7 Å². The maximum Gasteiger partial charge on any atom is 0.250 e. The zero-order valence-corrected chi connectivity index (χ0v) is 18.0. The predicted molar refractivity (Wildman–Crippen MR) is 118 cm³/mol. The molecule has 3 aromatic rings. The Morgan fingerprint density at radius 2 is 1.90 bits per heavy atom. The summed E-state index contributed by atoms with van der Waals surface area (Å²) in [5.74, 6) is 0.997. The summed E-state index contributed by atoms with van der Waals surface area (Å²) in [5.41, 5.74) is 1.45. The van der Waals surface area contributed by atoms with Crippen molar-refractivity contribution in [1.29, 1.82) is 0 Å². The van der Waals surface area contributed by atoms with Crippen LogP contribution in [0.2, 0.25) is 0 Å². The number of nitrogens with one attached hydrogen (secondary N) is 1. The number of thiazole rings is 1. The number of hydrogen-bond acceptors (Lipinski definition) is 7. The largest absolute Gasteiger partial charge is 0.454 e. The van der Waals surface area contributed by atoms with Crippen LogP contribution in [0.5, 0.6) is 11.5 Å². The third kappa shape index (κ3) is 4.01. The minimum atomic E-state index is -3.49. The number of nitrogens with zero attached hydrogens (tertiary/aromatic N) is 2. The van der Waals surface area contributed by atoms with Crippen molar-refractivity contribution < 1.29 is 22.7 Å². The number of hydrogen-bond donors (Lipinski definition) is 1. The molecule has 8 nitrogen and oxygen atoms in total. The van der Waals surface area contributed by atoms with Crippen LogP contribution in [0.25, 0.3) is 16.3 Å². The van der Waals surface area contributed by atoms with E-state index in [4.69, 9.17) is 9.47 Å². The summed E-state index contributed by atoms with van der Waals surface area (Å²) in [6.45, 7) is 1.31. The fourth-order valence-electron chi connectivity index (χ4n) is 3.53. The monoisotopic (exact) mass is 457 g/mol. The summed E-state index contributed by atoms with van der Waals surface area (Å²) in [4.78, 5) is 16.9. The van der Waals surface area contributed by atoms with Gasteiger partial charge in [0, 0.05) is 19.2 Å². The third-order valence-corrected chi connectivity index (χ3v) is 7.94. The minimum Gasteiger partial charge on any atom is -0.454 e. The van der Waals surface area contributed by atoms with E-state index in [-0.39, 0.29) is 17.6 Å². The molecule has 10 heteroatoms. The van der Waals surface area contributed by atoms with Gasteiger partial charge in [-0.15, -0.1) is 0 Å². The maximum absolute atomic E-state index is 12.8. The van der Waals surface area contributed by atoms with Crippen molar-refractivity contribution in [2.45, 2.75) is 17.7 Å². The Morgan fingerprint density at radius 3 is 2.74 bits per heavy atom. The van der Waals surface area contributed by atoms with E-state index >= 15 is 0 Å². The Labute approximate surface area is 183 Å². The highest BCUT2D eigenvalue weighted by Crippen LogP contribution is 2.33. The van der Waals surface area contributed by atoms with E-state index in [9.17, 15) is 13.2 Å². The van der Waals surface area contributed by atoms with E-state index < -0.39 is 10.0 Å². The number of sulfonamides is 1. The van der Waals surface area contributed by atoms with Crippen LogP contribution in [-0.4, -0.2) is 43.5 Å². The summed E-state index contributed by atoms with van der Waals surface area (Å²) >= 11 is 1.24. The van der Waals surface area contributed by atoms with E-state index in [1.165, 1.54) is 21.7 Å². The number of aromatic nitrogens is 1. The van der Waals surface area contributed by atoms with Gasteiger partial charge < -0.3 is 9.47 Å². The number of fused-ring (bicyclic) bond motifs is 2. The molecule has 0 atom stereocenters. The lowest BCUT2D eigenvalue weighted by atomic mass is 10.2. The average Bonchev–Trinajstić information content (AvgIpc) is 3.51. The van der Waals surface area contributed by atoms with Gasteiger partial charge in [-0.2, -0.15) is 4.31 Å². The SMILES string of the molecule is O=C(C=Cc1ccc2c(c1)OCO2)Nc1nc2ccc(S(=O)(=O)N3CCCC3)cc2s1. The fourth-order valence-corrected chi connectivity index (χ4v) is 6.06. The van der Waals surface area contributed by atoms with Crippen LogP contribution in [0.1, 0.15) is 18.4 Å². The highest BCUT2D eigenvalue weighted by Gasteiger charge is 2.27. The van der Waals surface area contributed by atoms with Gasteiger partial charge in [0.15, 0.2) is 16.6 Å². The van der Waals surface area contributed by atoms with Crippen LogP contribution in [0.4, 0.5) is 5.13 Å². The quantitative estimate of drug-likeness (QED) is 0.590. The number of anilines is 1. The summed E-state index contributed by atoms with van der Waals surface area (Å²) in [6.07, 6.45) is 4.86. The van der Waals surface area contributed by atoms with Gasteiger partial charge in [-0.3, -0.25) is 10.1 Å². The molecule has 31 heavy (non-hydrogen) atoms. The number of rotatable bonds is 5. The first kappa shape index (κ1) is 20.0. The third-order valence-electron chi connectivity index (χ3n) is 5.12. The first-order valence-electron chi connectivity index (χ1n) is 9.78. The van der Waals surface area contributed by atoms with Crippen molar-refractivity contribution in [3.8, 4) is 11.5 Å². The minimum absolute atomic E-state index is 0.196. The topological polar surface area (TPSA) is 97.8 Å². The molecular formula is C21H19N3O5S2. The molecule has 0 bridgehead atoms. The van der Waals surface area contributed by atoms with Crippen molar-refractivity contribution in [3.05, 3.63) is 48.0 Å². The van der Waals surface area contributed by atoms with Crippen LogP contribution in [0, 0.1) is 0 Å². The number of amides is 1. The molecule has 0 spiro atoms. The standard InChI is InChI=1S/C21H19N3O5S2/c25-20(8-4-14-3-7-17-18(11-14)29-13-28-17)23-21-22-16-6-5-15(12-19(16)30-21)31(26,27)24-9-1-2-10-24/h3-8,11-12H,1-2,9-10,13H2,(H,22,23,25). The highest BCUT2D eigenvalue weighted by molar-refractivity contribution is 7.89. The molecule has 0 unspecified atom stereocenters. The molecule has 3 heterocycles. The molecule has 0 radical (unpaired) electrons. The summed E-state index contributed by atoms with van der Waals surface area (Å²) in [6, 6.07) is 10.3. The molecule has 160 valence electrons. The molecule has 1 saturated heterocycles. The van der Waals surface area contributed by atoms with Crippen molar-refractivity contribution in [2.75, 3.05) is 25.2 Å². The van der Waals surface area contributed by atoms with Gasteiger partial charge in [0.05, 0.1) is 15.1 Å².